The largest absolute Gasteiger partial charge is 0.345 e. The van der Waals surface area contributed by atoms with Crippen LogP contribution in [0.4, 0.5) is 0 Å². The van der Waals surface area contributed by atoms with Crippen molar-refractivity contribution in [2.24, 2.45) is 34.4 Å². The Morgan fingerprint density at radius 3 is 0.685 bits per heavy atom. The molecule has 9 atom stereocenters. The molecule has 0 aromatic heterocycles. The summed E-state index contributed by atoms with van der Waals surface area (Å²) >= 11 is 0. The van der Waals surface area contributed by atoms with Crippen molar-refractivity contribution in [3.63, 3.8) is 0 Å². The number of unbranched alkanes of at least 4 members (excludes halogenated alkanes) is 9. The molecule has 0 rings (SSSR count). The number of nitrogens with two attached hydrogens (primary N) is 6. The fourth-order valence-corrected chi connectivity index (χ4v) is 9.98. The molecule has 0 aromatic rings. The molecule has 0 spiro atoms. The molecule has 0 aliphatic carbocycles. The smallest absolute Gasteiger partial charge is 0.243 e. The van der Waals surface area contributed by atoms with Gasteiger partial charge in [0.05, 0.1) is 12.1 Å². The summed E-state index contributed by atoms with van der Waals surface area (Å²) in [5.41, 5.74) is 35.3. The second kappa shape index (κ2) is 52.6. The maximum Gasteiger partial charge on any atom is 0.243 e. The first-order valence-electron chi connectivity index (χ1n) is 33.2. The van der Waals surface area contributed by atoms with E-state index >= 15 is 0 Å². The first-order chi connectivity index (χ1) is 42.5. The van der Waals surface area contributed by atoms with Crippen molar-refractivity contribution in [2.75, 3.05) is 115 Å². The lowest BCUT2D eigenvalue weighted by Gasteiger charge is -2.28. The van der Waals surface area contributed by atoms with Crippen LogP contribution in [0.2, 0.25) is 0 Å². The second-order valence-electron chi connectivity index (χ2n) is 24.9. The van der Waals surface area contributed by atoms with Gasteiger partial charge in [-0.2, -0.15) is 0 Å². The first-order valence-corrected chi connectivity index (χ1v) is 33.2. The van der Waals surface area contributed by atoms with Crippen LogP contribution in [0.25, 0.3) is 0 Å². The van der Waals surface area contributed by atoms with E-state index in [4.69, 9.17) is 34.4 Å². The number of carbonyl (C=O) groups is 9. The van der Waals surface area contributed by atoms with Gasteiger partial charge in [-0.05, 0) is 282 Å². The maximum absolute atomic E-state index is 14.8. The van der Waals surface area contributed by atoms with Gasteiger partial charge in [0.25, 0.3) is 0 Å². The van der Waals surface area contributed by atoms with Crippen LogP contribution in [-0.4, -0.2) is 243 Å². The van der Waals surface area contributed by atoms with E-state index in [1.54, 1.807) is 0 Å². The lowest BCUT2D eigenvalue weighted by Crippen LogP contribution is -2.60. The molecule has 89 heavy (non-hydrogen) atoms. The van der Waals surface area contributed by atoms with Crippen molar-refractivity contribution < 1.29 is 43.2 Å². The van der Waals surface area contributed by atoms with E-state index in [0.29, 0.717) is 168 Å². The van der Waals surface area contributed by atoms with Crippen molar-refractivity contribution in [3.8, 4) is 0 Å². The summed E-state index contributed by atoms with van der Waals surface area (Å²) in [6.45, 7) is 4.76. The highest BCUT2D eigenvalue weighted by molar-refractivity contribution is 5.98. The Kier molecular flexibility index (Phi) is 49.7. The van der Waals surface area contributed by atoms with Gasteiger partial charge >= 0.3 is 0 Å². The molecule has 0 aromatic carbocycles. The van der Waals surface area contributed by atoms with E-state index in [2.05, 4.69) is 42.5 Å². The highest BCUT2D eigenvalue weighted by Gasteiger charge is 2.35. The zero-order valence-electron chi connectivity index (χ0n) is 56.2. The predicted molar refractivity (Wildman–Crippen MR) is 354 cm³/mol. The van der Waals surface area contributed by atoms with E-state index in [1.165, 1.54) is 0 Å². The van der Waals surface area contributed by atoms with Crippen molar-refractivity contribution in [2.45, 2.75) is 228 Å². The van der Waals surface area contributed by atoms with Crippen molar-refractivity contribution in [3.05, 3.63) is 0 Å². The molecule has 0 aliphatic rings. The average molecular weight is 1270 g/mol. The van der Waals surface area contributed by atoms with Gasteiger partial charge in [0, 0.05) is 0 Å². The predicted octanol–water partition coefficient (Wildman–Crippen LogP) is -1.04. The molecule has 0 radical (unpaired) electrons. The third-order valence-corrected chi connectivity index (χ3v) is 15.4. The number of aldehydes is 1. The van der Waals surface area contributed by atoms with E-state index < -0.39 is 102 Å². The van der Waals surface area contributed by atoms with Gasteiger partial charge in [-0.25, -0.2) is 0 Å². The molecule has 0 unspecified atom stereocenters. The maximum atomic E-state index is 14.8. The zero-order valence-corrected chi connectivity index (χ0v) is 56.2. The van der Waals surface area contributed by atoms with Gasteiger partial charge in [-0.15, -0.1) is 0 Å². The summed E-state index contributed by atoms with van der Waals surface area (Å²) in [5, 5.41) is 23.0. The third kappa shape index (κ3) is 41.9. The fraction of sp³-hybridized carbons (Fsp3) is 0.855. The van der Waals surface area contributed by atoms with E-state index in [9.17, 15) is 43.2 Å². The number of hydrogen-bond donors (Lipinski definition) is 14. The molecule has 0 fully saturated rings. The number of nitrogens with zero attached hydrogens (tertiary/aromatic N) is 4. The van der Waals surface area contributed by atoms with Gasteiger partial charge in [0.2, 0.25) is 47.3 Å². The number of amides is 8. The number of nitrogens with one attached hydrogen (secondary N) is 8. The van der Waals surface area contributed by atoms with Gasteiger partial charge in [0.15, 0.2) is 0 Å². The molecule has 0 saturated heterocycles. The van der Waals surface area contributed by atoms with Crippen molar-refractivity contribution in [1.82, 2.24) is 62.1 Å². The van der Waals surface area contributed by atoms with Gasteiger partial charge in [-0.3, -0.25) is 38.4 Å². The van der Waals surface area contributed by atoms with Crippen LogP contribution in [0.1, 0.15) is 173 Å². The minimum absolute atomic E-state index is 0.126. The topological polar surface area (TPSA) is 419 Å². The van der Waals surface area contributed by atoms with Crippen molar-refractivity contribution in [1.29, 1.82) is 0 Å². The Morgan fingerprint density at radius 2 is 0.472 bits per heavy atom. The van der Waals surface area contributed by atoms with Crippen LogP contribution >= 0.6 is 0 Å². The Hall–Kier alpha value is -4.97. The van der Waals surface area contributed by atoms with Gasteiger partial charge < -0.3 is 101 Å². The Labute approximate surface area is 534 Å². The van der Waals surface area contributed by atoms with Crippen LogP contribution in [0, 0.1) is 0 Å². The summed E-state index contributed by atoms with van der Waals surface area (Å²) in [6.07, 6.45) is 13.3. The quantitative estimate of drug-likeness (QED) is 0.0256. The summed E-state index contributed by atoms with van der Waals surface area (Å²) in [4.78, 5) is 135. The van der Waals surface area contributed by atoms with E-state index in [0.717, 1.165) is 25.9 Å². The summed E-state index contributed by atoms with van der Waals surface area (Å²) in [6, 6.07) is -9.53. The molecule has 0 saturated carbocycles. The second-order valence-corrected chi connectivity index (χ2v) is 24.9. The monoisotopic (exact) mass is 1270 g/mol. The van der Waals surface area contributed by atoms with Gasteiger partial charge in [-0.1, -0.05) is 6.42 Å². The number of hydrogen-bond acceptors (Lipinski definition) is 19. The summed E-state index contributed by atoms with van der Waals surface area (Å²) in [5.74, 6) is -4.81. The molecular weight excluding hydrogens is 1140 g/mol. The summed E-state index contributed by atoms with van der Waals surface area (Å²) < 4.78 is 0. The van der Waals surface area contributed by atoms with Gasteiger partial charge in [0.1, 0.15) is 48.6 Å². The highest BCUT2D eigenvalue weighted by atomic mass is 16.2. The Morgan fingerprint density at radius 1 is 0.281 bits per heavy atom. The lowest BCUT2D eigenvalue weighted by atomic mass is 10.0. The average Bonchev–Trinajstić information content (AvgIpc) is 3.57. The fourth-order valence-electron chi connectivity index (χ4n) is 9.98. The lowest BCUT2D eigenvalue weighted by molar-refractivity contribution is -0.136. The van der Waals surface area contributed by atoms with Crippen LogP contribution < -0.4 is 76.9 Å². The molecular formula is C62H126N18O9. The zero-order chi connectivity index (χ0) is 66.9. The normalized spacial score (nSPS) is 14.6. The van der Waals surface area contributed by atoms with Crippen molar-refractivity contribution >= 4 is 53.5 Å². The van der Waals surface area contributed by atoms with E-state index in [1.807, 2.05) is 76.0 Å². The SMILES string of the molecule is CN(C)CCCC[C@H](NC(=O)[C@H](CCCCN)NC(=O)[C@H](CCCCN(C)C)NC(=O)[C@H](CCCCN)NC(=O)[C@H](CCCCN(C)C)NC(=O)[C@H](CCCCN)NC(=O)[C@H](CCCCN(C)C)NC(=O)[C@@H](N)CCCCN)C(=O)N[C@H](C=O)CCCCN. The highest BCUT2D eigenvalue weighted by Crippen LogP contribution is 2.14. The van der Waals surface area contributed by atoms with Crippen LogP contribution in [-0.2, 0) is 43.2 Å². The molecule has 518 valence electrons. The first kappa shape index (κ1) is 84.0. The molecule has 27 heteroatoms. The van der Waals surface area contributed by atoms with Crippen LogP contribution in [0.15, 0.2) is 0 Å². The molecule has 0 heterocycles. The summed E-state index contributed by atoms with van der Waals surface area (Å²) in [7, 11) is 15.5. The molecule has 8 amide bonds. The number of rotatable bonds is 57. The standard InChI is InChI=1S/C62H126N18O9/c1-77(2)41-23-14-32-48(56(83)69-46(45-81)27-9-18-36-63)71-58(85)50(29-11-20-38-65)73-61(88)53(34-16-25-43-79(5)6)76-60(87)52(31-13-22-40-67)74-62(89)54(35-17-26-44-80(7)8)75-59(86)51(30-12-21-39-66)72-57(84)49(33-15-24-42-78(3)4)70-55(82)47(68)28-10-19-37-64/h45-54H,9-44,63-68H2,1-8H3,(H,69,83)(H,70,82)(H,71,85)(H,72,84)(H,73,88)(H,74,89)(H,75,86)(H,76,87)/t46-,47-,48-,49-,50-,51-,52-,53-,54-/m0/s1. The minimum atomic E-state index is -1.20. The molecule has 0 bridgehead atoms. The van der Waals surface area contributed by atoms with E-state index in [-0.39, 0.29) is 44.9 Å². The van der Waals surface area contributed by atoms with Crippen LogP contribution in [0.5, 0.6) is 0 Å². The molecule has 20 N–H and O–H groups in total. The number of carbonyl (C=O) groups excluding carboxylic acids is 9. The molecule has 27 nitrogen and oxygen atoms in total. The Bertz CT molecular complexity index is 1960. The molecule has 0 aliphatic heterocycles. The minimum Gasteiger partial charge on any atom is -0.345 e. The van der Waals surface area contributed by atoms with Crippen LogP contribution in [0.3, 0.4) is 0 Å². The third-order valence-electron chi connectivity index (χ3n) is 15.4. The Balaban J connectivity index is 7.24.